The smallest absolute Gasteiger partial charge is 0.282 e. The van der Waals surface area contributed by atoms with Crippen molar-refractivity contribution in [3.63, 3.8) is 0 Å². The number of piperidine rings is 1. The zero-order valence-electron chi connectivity index (χ0n) is 11.0. The van der Waals surface area contributed by atoms with Crippen molar-refractivity contribution in [1.82, 2.24) is 8.61 Å². The molecule has 108 valence electrons. The largest absolute Gasteiger partial charge is 0.468 e. The first-order chi connectivity index (χ1) is 9.05. The van der Waals surface area contributed by atoms with Crippen LogP contribution in [-0.4, -0.2) is 48.4 Å². The molecule has 1 aromatic heterocycles. The summed E-state index contributed by atoms with van der Waals surface area (Å²) in [6.07, 6.45) is 4.03. The van der Waals surface area contributed by atoms with Gasteiger partial charge >= 0.3 is 0 Å². The summed E-state index contributed by atoms with van der Waals surface area (Å²) in [7, 11) is -2.02. The van der Waals surface area contributed by atoms with Crippen LogP contribution in [0.4, 0.5) is 0 Å². The molecule has 2 heterocycles. The van der Waals surface area contributed by atoms with Crippen LogP contribution in [-0.2, 0) is 16.8 Å². The summed E-state index contributed by atoms with van der Waals surface area (Å²) in [5.74, 6) is 0.601. The fraction of sp³-hybridized carbons (Fsp3) is 0.667. The second-order valence-corrected chi connectivity index (χ2v) is 6.77. The van der Waals surface area contributed by atoms with E-state index in [1.54, 1.807) is 12.1 Å². The van der Waals surface area contributed by atoms with Gasteiger partial charge in [0.05, 0.1) is 19.4 Å². The maximum atomic E-state index is 12.5. The number of hydrogen-bond donors (Lipinski definition) is 1. The van der Waals surface area contributed by atoms with Crippen LogP contribution >= 0.6 is 0 Å². The molecule has 0 spiro atoms. The molecule has 19 heavy (non-hydrogen) atoms. The molecule has 6 nitrogen and oxygen atoms in total. The van der Waals surface area contributed by atoms with Crippen molar-refractivity contribution < 1.29 is 17.9 Å². The molecule has 0 radical (unpaired) electrons. The lowest BCUT2D eigenvalue weighted by Gasteiger charge is -2.35. The molecule has 1 atom stereocenters. The molecule has 1 aromatic rings. The average Bonchev–Trinajstić information content (AvgIpc) is 2.91. The average molecular weight is 288 g/mol. The van der Waals surface area contributed by atoms with E-state index in [0.717, 1.165) is 12.8 Å². The standard InChI is InChI=1S/C12H20N2O4S/c1-13(9-12-6-4-8-18-12)19(16,17)14-7-3-2-5-11(14)10-15/h4,6,8,11,15H,2-3,5,7,9-10H2,1H3. The van der Waals surface area contributed by atoms with Crippen LogP contribution in [0.1, 0.15) is 25.0 Å². The lowest BCUT2D eigenvalue weighted by molar-refractivity contribution is 0.148. The highest BCUT2D eigenvalue weighted by atomic mass is 32.2. The topological polar surface area (TPSA) is 74.0 Å². The monoisotopic (exact) mass is 288 g/mol. The number of aliphatic hydroxyl groups excluding tert-OH is 1. The summed E-state index contributed by atoms with van der Waals surface area (Å²) >= 11 is 0. The van der Waals surface area contributed by atoms with Crippen LogP contribution < -0.4 is 0 Å². The van der Waals surface area contributed by atoms with Gasteiger partial charge in [0.1, 0.15) is 5.76 Å². The highest BCUT2D eigenvalue weighted by molar-refractivity contribution is 7.86. The van der Waals surface area contributed by atoms with E-state index < -0.39 is 10.2 Å². The minimum absolute atomic E-state index is 0.131. The fourth-order valence-electron chi connectivity index (χ4n) is 2.34. The van der Waals surface area contributed by atoms with Crippen molar-refractivity contribution >= 4 is 10.2 Å². The van der Waals surface area contributed by atoms with E-state index in [-0.39, 0.29) is 19.2 Å². The molecule has 0 saturated carbocycles. The Morgan fingerprint density at radius 2 is 2.32 bits per heavy atom. The lowest BCUT2D eigenvalue weighted by atomic mass is 10.1. The number of rotatable bonds is 5. The van der Waals surface area contributed by atoms with Crippen LogP contribution in [0.25, 0.3) is 0 Å². The maximum absolute atomic E-state index is 12.5. The molecule has 7 heteroatoms. The summed E-state index contributed by atoms with van der Waals surface area (Å²) in [4.78, 5) is 0. The first kappa shape index (κ1) is 14.5. The second kappa shape index (κ2) is 6.04. The van der Waals surface area contributed by atoms with Crippen molar-refractivity contribution in [3.05, 3.63) is 24.2 Å². The van der Waals surface area contributed by atoms with Gasteiger partial charge in [-0.3, -0.25) is 0 Å². The third kappa shape index (κ3) is 3.17. The fourth-order valence-corrected chi connectivity index (χ4v) is 3.90. The van der Waals surface area contributed by atoms with Crippen molar-refractivity contribution in [3.8, 4) is 0 Å². The van der Waals surface area contributed by atoms with Crippen molar-refractivity contribution in [2.45, 2.75) is 31.8 Å². The number of hydrogen-bond acceptors (Lipinski definition) is 4. The Kier molecular flexibility index (Phi) is 4.62. The van der Waals surface area contributed by atoms with Crippen LogP contribution in [0.5, 0.6) is 0 Å². The highest BCUT2D eigenvalue weighted by Crippen LogP contribution is 2.22. The molecule has 0 bridgehead atoms. The second-order valence-electron chi connectivity index (χ2n) is 4.79. The highest BCUT2D eigenvalue weighted by Gasteiger charge is 2.34. The third-order valence-electron chi connectivity index (χ3n) is 3.43. The van der Waals surface area contributed by atoms with E-state index in [9.17, 15) is 13.5 Å². The quantitative estimate of drug-likeness (QED) is 0.870. The molecule has 0 aromatic carbocycles. The van der Waals surface area contributed by atoms with Gasteiger partial charge in [-0.15, -0.1) is 0 Å². The van der Waals surface area contributed by atoms with Gasteiger partial charge in [-0.25, -0.2) is 0 Å². The van der Waals surface area contributed by atoms with Crippen molar-refractivity contribution in [2.24, 2.45) is 0 Å². The van der Waals surface area contributed by atoms with Crippen LogP contribution in [0.15, 0.2) is 22.8 Å². The van der Waals surface area contributed by atoms with Gasteiger partial charge < -0.3 is 9.52 Å². The van der Waals surface area contributed by atoms with E-state index in [1.807, 2.05) is 0 Å². The van der Waals surface area contributed by atoms with Gasteiger partial charge in [0.2, 0.25) is 0 Å². The molecule has 2 rings (SSSR count). The third-order valence-corrected chi connectivity index (χ3v) is 5.42. The molecular formula is C12H20N2O4S. The van der Waals surface area contributed by atoms with E-state index in [4.69, 9.17) is 4.42 Å². The lowest BCUT2D eigenvalue weighted by Crippen LogP contribution is -2.50. The molecule has 1 aliphatic heterocycles. The molecule has 1 N–H and O–H groups in total. The molecule has 0 amide bonds. The Balaban J connectivity index is 2.11. The first-order valence-corrected chi connectivity index (χ1v) is 7.81. The maximum Gasteiger partial charge on any atom is 0.282 e. The van der Waals surface area contributed by atoms with Gasteiger partial charge in [0.25, 0.3) is 10.2 Å². The SMILES string of the molecule is CN(Cc1ccco1)S(=O)(=O)N1CCCCC1CO. The molecule has 1 saturated heterocycles. The van der Waals surface area contributed by atoms with E-state index >= 15 is 0 Å². The zero-order chi connectivity index (χ0) is 13.9. The van der Waals surface area contributed by atoms with E-state index in [1.165, 1.54) is 21.9 Å². The molecule has 1 unspecified atom stereocenters. The number of nitrogens with zero attached hydrogens (tertiary/aromatic N) is 2. The van der Waals surface area contributed by atoms with Crippen molar-refractivity contribution in [1.29, 1.82) is 0 Å². The van der Waals surface area contributed by atoms with Gasteiger partial charge in [-0.05, 0) is 25.0 Å². The minimum Gasteiger partial charge on any atom is -0.468 e. The number of furan rings is 1. The zero-order valence-corrected chi connectivity index (χ0v) is 11.8. The van der Waals surface area contributed by atoms with Gasteiger partial charge in [-0.2, -0.15) is 17.0 Å². The minimum atomic E-state index is -3.55. The summed E-state index contributed by atoms with van der Waals surface area (Å²) in [6, 6.07) is 3.16. The van der Waals surface area contributed by atoms with Gasteiger partial charge in [0.15, 0.2) is 0 Å². The predicted molar refractivity (Wildman–Crippen MR) is 70.5 cm³/mol. The Bertz CT molecular complexity index is 486. The van der Waals surface area contributed by atoms with Gasteiger partial charge in [0, 0.05) is 19.6 Å². The summed E-state index contributed by atoms with van der Waals surface area (Å²) in [6.45, 7) is 0.536. The molecule has 1 aliphatic rings. The molecule has 0 aliphatic carbocycles. The Morgan fingerprint density at radius 1 is 1.53 bits per heavy atom. The van der Waals surface area contributed by atoms with Crippen LogP contribution in [0, 0.1) is 0 Å². The number of aliphatic hydroxyl groups is 1. The Hall–Kier alpha value is -0.890. The Morgan fingerprint density at radius 3 is 2.95 bits per heavy atom. The summed E-state index contributed by atoms with van der Waals surface area (Å²) in [5, 5.41) is 9.32. The molecule has 1 fully saturated rings. The first-order valence-electron chi connectivity index (χ1n) is 6.42. The molecular weight excluding hydrogens is 268 g/mol. The van der Waals surface area contributed by atoms with Gasteiger partial charge in [-0.1, -0.05) is 6.42 Å². The summed E-state index contributed by atoms with van der Waals surface area (Å²) in [5.41, 5.74) is 0. The van der Waals surface area contributed by atoms with Crippen molar-refractivity contribution in [2.75, 3.05) is 20.2 Å². The van der Waals surface area contributed by atoms with E-state index in [0.29, 0.717) is 18.7 Å². The van der Waals surface area contributed by atoms with Crippen LogP contribution in [0.3, 0.4) is 0 Å². The Labute approximate surface area is 113 Å². The predicted octanol–water partition coefficient (Wildman–Crippen LogP) is 0.803. The van der Waals surface area contributed by atoms with Crippen LogP contribution in [0.2, 0.25) is 0 Å². The normalized spacial score (nSPS) is 21.9. The van der Waals surface area contributed by atoms with E-state index in [2.05, 4.69) is 0 Å². The summed E-state index contributed by atoms with van der Waals surface area (Å²) < 4.78 is 32.8.